The quantitative estimate of drug-likeness (QED) is 0.800. The van der Waals surface area contributed by atoms with Crippen molar-refractivity contribution in [3.05, 3.63) is 47.5 Å². The van der Waals surface area contributed by atoms with Gasteiger partial charge in [0.05, 0.1) is 11.1 Å². The van der Waals surface area contributed by atoms with Crippen LogP contribution in [0.4, 0.5) is 0 Å². The van der Waals surface area contributed by atoms with Crippen molar-refractivity contribution in [3.63, 3.8) is 0 Å². The number of aromatic carboxylic acids is 2. The molecule has 0 saturated carbocycles. The molecular weight excluding hydrogens is 247 g/mol. The number of hydrogen-bond donors (Lipinski definition) is 2. The summed E-state index contributed by atoms with van der Waals surface area (Å²) in [5, 5.41) is 19.1. The summed E-state index contributed by atoms with van der Waals surface area (Å²) in [5.74, 6) is -2.46. The molecule has 0 spiro atoms. The van der Waals surface area contributed by atoms with Gasteiger partial charge in [0.15, 0.2) is 0 Å². The summed E-state index contributed by atoms with van der Waals surface area (Å²) >= 11 is 0. The van der Waals surface area contributed by atoms with Gasteiger partial charge >= 0.3 is 63.3 Å². The van der Waals surface area contributed by atoms with Gasteiger partial charge in [0, 0.05) is 0 Å². The molecule has 0 bridgehead atoms. The molecule has 5 heteroatoms. The molecular formula is C12H9KO4. The van der Waals surface area contributed by atoms with E-state index in [0.717, 1.165) is 0 Å². The Kier molecular flexibility index (Phi) is 4.85. The van der Waals surface area contributed by atoms with Gasteiger partial charge in [-0.2, -0.15) is 0 Å². The summed E-state index contributed by atoms with van der Waals surface area (Å²) < 4.78 is 0. The predicted octanol–water partition coefficient (Wildman–Crippen LogP) is 1.59. The van der Waals surface area contributed by atoms with Crippen molar-refractivity contribution in [2.75, 3.05) is 0 Å². The predicted molar refractivity (Wildman–Crippen MR) is 65.0 cm³/mol. The van der Waals surface area contributed by atoms with Gasteiger partial charge in [0.1, 0.15) is 0 Å². The van der Waals surface area contributed by atoms with Crippen molar-refractivity contribution >= 4 is 74.1 Å². The Bertz CT molecular complexity index is 592. The summed E-state index contributed by atoms with van der Waals surface area (Å²) in [4.78, 5) is 22.0. The Morgan fingerprint density at radius 3 is 2.12 bits per heavy atom. The van der Waals surface area contributed by atoms with E-state index in [0.29, 0.717) is 10.8 Å². The second-order valence-electron chi connectivity index (χ2n) is 3.32. The van der Waals surface area contributed by atoms with Gasteiger partial charge in [0.2, 0.25) is 0 Å². The van der Waals surface area contributed by atoms with E-state index in [1.54, 1.807) is 30.3 Å². The van der Waals surface area contributed by atoms with Crippen LogP contribution < -0.4 is 0 Å². The van der Waals surface area contributed by atoms with Crippen molar-refractivity contribution in [1.82, 2.24) is 0 Å². The van der Waals surface area contributed by atoms with Crippen LogP contribution in [0, 0.1) is 0 Å². The molecule has 2 aromatic carbocycles. The fourth-order valence-electron chi connectivity index (χ4n) is 1.68. The van der Waals surface area contributed by atoms with Crippen LogP contribution in [-0.2, 0) is 0 Å². The van der Waals surface area contributed by atoms with Gasteiger partial charge in [-0.1, -0.05) is 30.3 Å². The Labute approximate surface area is 140 Å². The molecule has 82 valence electrons. The Balaban J connectivity index is 0.00000144. The van der Waals surface area contributed by atoms with Crippen molar-refractivity contribution in [3.8, 4) is 0 Å². The second-order valence-corrected chi connectivity index (χ2v) is 3.32. The first kappa shape index (κ1) is 14.3. The third-order valence-electron chi connectivity index (χ3n) is 2.37. The average molecular weight is 256 g/mol. The topological polar surface area (TPSA) is 74.6 Å². The summed E-state index contributed by atoms with van der Waals surface area (Å²) in [5.41, 5.74) is -0.350. The van der Waals surface area contributed by atoms with Crippen molar-refractivity contribution in [2.45, 2.75) is 0 Å². The number of fused-ring (bicyclic) bond motifs is 1. The molecule has 2 N–H and O–H groups in total. The van der Waals surface area contributed by atoms with Crippen LogP contribution in [0.1, 0.15) is 20.7 Å². The van der Waals surface area contributed by atoms with Gasteiger partial charge in [-0.05, 0) is 16.8 Å². The Morgan fingerprint density at radius 1 is 0.882 bits per heavy atom. The third-order valence-corrected chi connectivity index (χ3v) is 2.37. The molecule has 0 aromatic heterocycles. The van der Waals surface area contributed by atoms with Gasteiger partial charge in [-0.3, -0.25) is 0 Å². The zero-order chi connectivity index (χ0) is 11.7. The monoisotopic (exact) mass is 256 g/mol. The number of carbonyl (C=O) groups is 2. The first-order valence-electron chi connectivity index (χ1n) is 4.59. The van der Waals surface area contributed by atoms with Crippen LogP contribution >= 0.6 is 0 Å². The SMILES string of the molecule is O=C(O)c1ccc2ccccc2c1C(=O)O.[KH]. The molecule has 0 fully saturated rings. The first-order valence-corrected chi connectivity index (χ1v) is 4.59. The van der Waals surface area contributed by atoms with E-state index in [-0.39, 0.29) is 62.5 Å². The fourth-order valence-corrected chi connectivity index (χ4v) is 1.68. The molecule has 0 amide bonds. The summed E-state index contributed by atoms with van der Waals surface area (Å²) in [6, 6.07) is 9.72. The van der Waals surface area contributed by atoms with Crippen LogP contribution in [0.5, 0.6) is 0 Å². The van der Waals surface area contributed by atoms with Crippen LogP contribution in [-0.4, -0.2) is 73.5 Å². The fraction of sp³-hybridized carbons (Fsp3) is 0. The summed E-state index contributed by atoms with van der Waals surface area (Å²) in [6.45, 7) is 0. The number of carboxylic acids is 2. The minimum absolute atomic E-state index is 0. The maximum atomic E-state index is 11.1. The van der Waals surface area contributed by atoms with Crippen molar-refractivity contribution < 1.29 is 19.8 Å². The molecule has 0 atom stereocenters. The number of rotatable bonds is 2. The standard InChI is InChI=1S/C12H8O4.K.H/c13-11(14)9-6-5-7-3-1-2-4-8(7)10(9)12(15)16;;/h1-6H,(H,13,14)(H,15,16);;. The van der Waals surface area contributed by atoms with E-state index in [9.17, 15) is 9.59 Å². The van der Waals surface area contributed by atoms with E-state index >= 15 is 0 Å². The zero-order valence-electron chi connectivity index (χ0n) is 8.18. The van der Waals surface area contributed by atoms with E-state index in [4.69, 9.17) is 10.2 Å². The Morgan fingerprint density at radius 2 is 1.53 bits per heavy atom. The molecule has 2 aromatic rings. The van der Waals surface area contributed by atoms with Crippen molar-refractivity contribution in [2.24, 2.45) is 0 Å². The molecule has 0 saturated heterocycles. The third kappa shape index (κ3) is 2.75. The average Bonchev–Trinajstić information content (AvgIpc) is 2.27. The van der Waals surface area contributed by atoms with Crippen molar-refractivity contribution in [1.29, 1.82) is 0 Å². The van der Waals surface area contributed by atoms with Crippen LogP contribution in [0.2, 0.25) is 0 Å². The summed E-state index contributed by atoms with van der Waals surface area (Å²) in [6.07, 6.45) is 0. The summed E-state index contributed by atoms with van der Waals surface area (Å²) in [7, 11) is 0. The maximum absolute atomic E-state index is 11.1. The molecule has 0 aliphatic rings. The molecule has 0 radical (unpaired) electrons. The van der Waals surface area contributed by atoms with Crippen LogP contribution in [0.15, 0.2) is 36.4 Å². The zero-order valence-corrected chi connectivity index (χ0v) is 8.18. The second kappa shape index (κ2) is 5.75. The normalized spacial score (nSPS) is 9.65. The molecule has 2 rings (SSSR count). The number of carboxylic acid groups (broad SMARTS) is 2. The van der Waals surface area contributed by atoms with Gasteiger partial charge in [-0.25, -0.2) is 9.59 Å². The molecule has 0 aliphatic carbocycles. The van der Waals surface area contributed by atoms with E-state index in [1.807, 2.05) is 0 Å². The van der Waals surface area contributed by atoms with E-state index in [2.05, 4.69) is 0 Å². The Hall–Kier alpha value is -0.724. The van der Waals surface area contributed by atoms with E-state index in [1.165, 1.54) is 6.07 Å². The van der Waals surface area contributed by atoms with E-state index < -0.39 is 11.9 Å². The number of hydrogen-bond acceptors (Lipinski definition) is 2. The molecule has 0 heterocycles. The number of benzene rings is 2. The minimum atomic E-state index is -1.23. The van der Waals surface area contributed by atoms with Gasteiger partial charge in [0.25, 0.3) is 0 Å². The van der Waals surface area contributed by atoms with Crippen LogP contribution in [0.25, 0.3) is 10.8 Å². The van der Waals surface area contributed by atoms with Gasteiger partial charge < -0.3 is 10.2 Å². The van der Waals surface area contributed by atoms with Crippen LogP contribution in [0.3, 0.4) is 0 Å². The molecule has 0 aliphatic heterocycles. The molecule has 4 nitrogen and oxygen atoms in total. The molecule has 17 heavy (non-hydrogen) atoms. The molecule has 0 unspecified atom stereocenters. The van der Waals surface area contributed by atoms with Gasteiger partial charge in [-0.15, -0.1) is 0 Å². The first-order chi connectivity index (χ1) is 7.61.